The number of nitrogens with two attached hydrogens (primary N) is 1. The van der Waals surface area contributed by atoms with Crippen molar-refractivity contribution in [1.82, 2.24) is 14.8 Å². The predicted octanol–water partition coefficient (Wildman–Crippen LogP) is 4.11. The van der Waals surface area contributed by atoms with Crippen molar-refractivity contribution >= 4 is 44.7 Å². The fraction of sp³-hybridized carbons (Fsp3) is 0.100. The second kappa shape index (κ2) is 8.43. The molecule has 3 N–H and O–H groups in total. The van der Waals surface area contributed by atoms with Gasteiger partial charge in [-0.3, -0.25) is 24.4 Å². The van der Waals surface area contributed by atoms with Crippen LogP contribution >= 0.6 is 11.3 Å². The highest BCUT2D eigenvalue weighted by atomic mass is 32.1. The third kappa shape index (κ3) is 4.28. The number of hydrogen-bond donors (Lipinski definition) is 2. The molecular formula is C20H12F4N6O4S. The molecule has 0 aliphatic rings. The average molecular weight is 508 g/mol. The van der Waals surface area contributed by atoms with Crippen molar-refractivity contribution in [3.8, 4) is 11.1 Å². The Bertz CT molecular complexity index is 1510. The molecule has 4 aromatic rings. The Labute approximate surface area is 196 Å². The number of primary amides is 1. The highest BCUT2D eigenvalue weighted by Gasteiger charge is 2.35. The Kier molecular flexibility index (Phi) is 5.72. The largest absolute Gasteiger partial charge is 0.433 e. The number of benzene rings is 1. The number of carbonyl (C=O) groups excluding carboxylic acids is 2. The molecular weight excluding hydrogens is 496 g/mol. The highest BCUT2D eigenvalue weighted by molar-refractivity contribution is 7.21. The molecule has 0 radical (unpaired) electrons. The summed E-state index contributed by atoms with van der Waals surface area (Å²) in [4.78, 5) is 38.5. The third-order valence-corrected chi connectivity index (χ3v) is 6.00. The molecule has 35 heavy (non-hydrogen) atoms. The van der Waals surface area contributed by atoms with Crippen LogP contribution in [0.1, 0.15) is 25.9 Å². The number of halogens is 4. The number of hydrogen-bond acceptors (Lipinski definition) is 7. The van der Waals surface area contributed by atoms with Gasteiger partial charge in [-0.2, -0.15) is 18.3 Å². The molecule has 0 atom stereocenters. The number of anilines is 1. The zero-order chi connectivity index (χ0) is 25.7. The number of nitro groups is 1. The Morgan fingerprint density at radius 2 is 1.89 bits per heavy atom. The van der Waals surface area contributed by atoms with E-state index in [0.29, 0.717) is 17.4 Å². The Morgan fingerprint density at radius 3 is 2.46 bits per heavy atom. The summed E-state index contributed by atoms with van der Waals surface area (Å²) in [5.41, 5.74) is 2.71. The van der Waals surface area contributed by atoms with Crippen molar-refractivity contribution < 1.29 is 32.1 Å². The van der Waals surface area contributed by atoms with Gasteiger partial charge in [-0.1, -0.05) is 12.1 Å². The summed E-state index contributed by atoms with van der Waals surface area (Å²) in [5, 5.41) is 17.2. The number of nitrogens with zero attached hydrogens (tertiary/aromatic N) is 4. The highest BCUT2D eigenvalue weighted by Crippen LogP contribution is 2.44. The lowest BCUT2D eigenvalue weighted by Gasteiger charge is -2.12. The van der Waals surface area contributed by atoms with Crippen molar-refractivity contribution in [2.24, 2.45) is 12.8 Å². The lowest BCUT2D eigenvalue weighted by atomic mass is 10.0. The first-order valence-corrected chi connectivity index (χ1v) is 10.3. The lowest BCUT2D eigenvalue weighted by Crippen LogP contribution is -2.20. The van der Waals surface area contributed by atoms with E-state index in [1.807, 2.05) is 0 Å². The Hall–Kier alpha value is -4.40. The van der Waals surface area contributed by atoms with Crippen LogP contribution in [0.5, 0.6) is 0 Å². The first-order chi connectivity index (χ1) is 16.4. The van der Waals surface area contributed by atoms with Crippen molar-refractivity contribution in [1.29, 1.82) is 0 Å². The molecule has 0 aliphatic carbocycles. The summed E-state index contributed by atoms with van der Waals surface area (Å²) in [6, 6.07) is 5.16. The minimum Gasteiger partial charge on any atom is -0.365 e. The maximum absolute atomic E-state index is 13.5. The van der Waals surface area contributed by atoms with Crippen molar-refractivity contribution in [3.05, 3.63) is 68.7 Å². The molecule has 0 aliphatic heterocycles. The van der Waals surface area contributed by atoms with Gasteiger partial charge in [-0.25, -0.2) is 9.37 Å². The zero-order valence-electron chi connectivity index (χ0n) is 17.4. The summed E-state index contributed by atoms with van der Waals surface area (Å²) in [7, 11) is 1.27. The van der Waals surface area contributed by atoms with E-state index in [1.54, 1.807) is 0 Å². The molecule has 0 saturated carbocycles. The standard InChI is InChI=1S/C20H12F4N6O4S/c1-29-15(11(7-26-29)30(33)34)18(32)28-14-13-10(8-2-4-9(21)5-3-8)6-12(20(22,23)24)27-19(13)35-16(14)17(25)31/h2-7H,1H3,(H2,25,31)(H,28,32). The number of aromatic nitrogens is 3. The summed E-state index contributed by atoms with van der Waals surface area (Å²) >= 11 is 0.497. The molecule has 0 saturated heterocycles. The van der Waals surface area contributed by atoms with Crippen LogP contribution in [0.4, 0.5) is 28.9 Å². The van der Waals surface area contributed by atoms with E-state index in [1.165, 1.54) is 19.2 Å². The quantitative estimate of drug-likeness (QED) is 0.236. The molecule has 180 valence electrons. The minimum absolute atomic E-state index is 0.0819. The fourth-order valence-corrected chi connectivity index (χ4v) is 4.40. The van der Waals surface area contributed by atoms with Gasteiger partial charge in [-0.15, -0.1) is 11.3 Å². The van der Waals surface area contributed by atoms with Crippen molar-refractivity contribution in [2.45, 2.75) is 6.18 Å². The number of rotatable bonds is 5. The summed E-state index contributed by atoms with van der Waals surface area (Å²) in [6.07, 6.45) is -4.02. The number of carbonyl (C=O) groups is 2. The normalized spacial score (nSPS) is 11.6. The predicted molar refractivity (Wildman–Crippen MR) is 116 cm³/mol. The van der Waals surface area contributed by atoms with Gasteiger partial charge >= 0.3 is 11.9 Å². The van der Waals surface area contributed by atoms with Gasteiger partial charge in [0.15, 0.2) is 0 Å². The maximum atomic E-state index is 13.5. The second-order valence-electron chi connectivity index (χ2n) is 7.12. The molecule has 3 aromatic heterocycles. The molecule has 0 spiro atoms. The fourth-order valence-electron chi connectivity index (χ4n) is 3.39. The van der Waals surface area contributed by atoms with Gasteiger partial charge in [-0.05, 0) is 29.3 Å². The van der Waals surface area contributed by atoms with Crippen LogP contribution in [-0.2, 0) is 13.2 Å². The Morgan fingerprint density at radius 1 is 1.23 bits per heavy atom. The van der Waals surface area contributed by atoms with Gasteiger partial charge < -0.3 is 11.1 Å². The van der Waals surface area contributed by atoms with Crippen LogP contribution in [0.15, 0.2) is 36.5 Å². The zero-order valence-corrected chi connectivity index (χ0v) is 18.2. The van der Waals surface area contributed by atoms with Gasteiger partial charge in [0.25, 0.3) is 11.8 Å². The topological polar surface area (TPSA) is 146 Å². The Balaban J connectivity index is 2.00. The van der Waals surface area contributed by atoms with E-state index in [9.17, 15) is 37.3 Å². The average Bonchev–Trinajstić information content (AvgIpc) is 3.34. The van der Waals surface area contributed by atoms with Crippen LogP contribution in [0, 0.1) is 15.9 Å². The minimum atomic E-state index is -4.86. The number of pyridine rings is 1. The number of amides is 2. The van der Waals surface area contributed by atoms with Gasteiger partial charge in [0.1, 0.15) is 27.4 Å². The molecule has 3 heterocycles. The molecule has 0 unspecified atom stereocenters. The van der Waals surface area contributed by atoms with E-state index in [0.717, 1.165) is 23.0 Å². The molecule has 0 bridgehead atoms. The maximum Gasteiger partial charge on any atom is 0.433 e. The number of fused-ring (bicyclic) bond motifs is 1. The van der Waals surface area contributed by atoms with Crippen LogP contribution in [0.25, 0.3) is 21.3 Å². The van der Waals surface area contributed by atoms with Crippen LogP contribution < -0.4 is 11.1 Å². The van der Waals surface area contributed by atoms with E-state index in [-0.39, 0.29) is 31.9 Å². The number of thiophene rings is 1. The first-order valence-electron chi connectivity index (χ1n) is 9.46. The summed E-state index contributed by atoms with van der Waals surface area (Å²) in [5.74, 6) is -2.79. The van der Waals surface area contributed by atoms with Crippen molar-refractivity contribution in [2.75, 3.05) is 5.32 Å². The first kappa shape index (κ1) is 23.7. The lowest BCUT2D eigenvalue weighted by molar-refractivity contribution is -0.385. The van der Waals surface area contributed by atoms with E-state index in [2.05, 4.69) is 15.4 Å². The van der Waals surface area contributed by atoms with Crippen LogP contribution in [0.3, 0.4) is 0 Å². The molecule has 0 fully saturated rings. The SMILES string of the molecule is Cn1ncc([N+](=O)[O-])c1C(=O)Nc1c(C(N)=O)sc2nc(C(F)(F)F)cc(-c3ccc(F)cc3)c12. The number of nitrogens with one attached hydrogen (secondary N) is 1. The molecule has 2 amide bonds. The van der Waals surface area contributed by atoms with Gasteiger partial charge in [0, 0.05) is 12.4 Å². The van der Waals surface area contributed by atoms with Crippen LogP contribution in [-0.4, -0.2) is 31.5 Å². The van der Waals surface area contributed by atoms with Gasteiger partial charge in [0.2, 0.25) is 5.69 Å². The molecule has 4 rings (SSSR count). The second-order valence-corrected chi connectivity index (χ2v) is 8.12. The van der Waals surface area contributed by atoms with E-state index >= 15 is 0 Å². The number of alkyl halides is 3. The smallest absolute Gasteiger partial charge is 0.365 e. The monoisotopic (exact) mass is 508 g/mol. The summed E-state index contributed by atoms with van der Waals surface area (Å²) < 4.78 is 55.0. The van der Waals surface area contributed by atoms with Crippen molar-refractivity contribution in [3.63, 3.8) is 0 Å². The van der Waals surface area contributed by atoms with E-state index < -0.39 is 45.8 Å². The molecule has 10 nitrogen and oxygen atoms in total. The summed E-state index contributed by atoms with van der Waals surface area (Å²) in [6.45, 7) is 0. The third-order valence-electron chi connectivity index (χ3n) is 4.90. The molecule has 1 aromatic carbocycles. The molecule has 15 heteroatoms. The van der Waals surface area contributed by atoms with Crippen LogP contribution in [0.2, 0.25) is 0 Å². The number of aryl methyl sites for hydroxylation is 1. The van der Waals surface area contributed by atoms with Gasteiger partial charge in [0.05, 0.1) is 10.6 Å². The van der Waals surface area contributed by atoms with E-state index in [4.69, 9.17) is 5.73 Å².